The van der Waals surface area contributed by atoms with Crippen LogP contribution in [0.15, 0.2) is 163 Å². The van der Waals surface area contributed by atoms with Gasteiger partial charge in [0.1, 0.15) is 0 Å². The van der Waals surface area contributed by atoms with Gasteiger partial charge < -0.3 is 4.90 Å². The molecule has 0 spiro atoms. The van der Waals surface area contributed by atoms with Gasteiger partial charge in [0, 0.05) is 24.4 Å². The van der Waals surface area contributed by atoms with Crippen molar-refractivity contribution in [1.82, 2.24) is 0 Å². The summed E-state index contributed by atoms with van der Waals surface area (Å²) < 4.78 is 0. The fourth-order valence-corrected chi connectivity index (χ4v) is 7.62. The van der Waals surface area contributed by atoms with E-state index in [2.05, 4.69) is 199 Å². The number of nitrogens with zero attached hydrogens (tertiary/aromatic N) is 1. The molecule has 1 heteroatoms. The summed E-state index contributed by atoms with van der Waals surface area (Å²) in [4.78, 5) is 2.28. The van der Waals surface area contributed by atoms with Crippen molar-refractivity contribution < 1.29 is 0 Å². The van der Waals surface area contributed by atoms with Crippen LogP contribution in [0.2, 0.25) is 0 Å². The number of benzene rings is 3. The van der Waals surface area contributed by atoms with Crippen LogP contribution >= 0.6 is 0 Å². The van der Waals surface area contributed by atoms with Crippen molar-refractivity contribution in [3.05, 3.63) is 190 Å². The number of aryl methyl sites for hydroxylation is 1. The van der Waals surface area contributed by atoms with Gasteiger partial charge >= 0.3 is 0 Å². The fraction of sp³-hybridized carbons (Fsp3) is 0.277. The van der Waals surface area contributed by atoms with Crippen LogP contribution in [-0.2, 0) is 10.8 Å². The quantitative estimate of drug-likeness (QED) is 0.150. The Balaban J connectivity index is 1.62. The number of rotatable bonds is 11. The summed E-state index contributed by atoms with van der Waals surface area (Å²) >= 11 is 0. The second-order valence-corrected chi connectivity index (χ2v) is 13.6. The average molecular weight is 632 g/mol. The first kappa shape index (κ1) is 34.7. The summed E-state index contributed by atoms with van der Waals surface area (Å²) in [6.07, 6.45) is 31.5. The monoisotopic (exact) mass is 631 g/mol. The Morgan fingerprint density at radius 1 is 0.917 bits per heavy atom. The Bertz CT molecular complexity index is 1830. The van der Waals surface area contributed by atoms with Crippen molar-refractivity contribution >= 4 is 11.3 Å². The zero-order chi connectivity index (χ0) is 34.1. The van der Waals surface area contributed by atoms with E-state index in [1.165, 1.54) is 62.2 Å². The van der Waals surface area contributed by atoms with E-state index in [9.17, 15) is 0 Å². The maximum atomic E-state index is 2.40. The lowest BCUT2D eigenvalue weighted by Gasteiger charge is -2.35. The Morgan fingerprint density at radius 3 is 2.46 bits per heavy atom. The van der Waals surface area contributed by atoms with E-state index < -0.39 is 5.41 Å². The third kappa shape index (κ3) is 6.83. The molecule has 0 saturated carbocycles. The van der Waals surface area contributed by atoms with Crippen molar-refractivity contribution in [1.29, 1.82) is 0 Å². The molecule has 0 aliphatic heterocycles. The molecule has 2 aliphatic carbocycles. The van der Waals surface area contributed by atoms with E-state index in [-0.39, 0.29) is 5.41 Å². The van der Waals surface area contributed by atoms with Gasteiger partial charge in [-0.05, 0) is 111 Å². The molecule has 0 amide bonds. The molecule has 0 heterocycles. The van der Waals surface area contributed by atoms with Gasteiger partial charge in [-0.15, -0.1) is 0 Å². The van der Waals surface area contributed by atoms with Gasteiger partial charge in [0.2, 0.25) is 0 Å². The first-order valence-corrected chi connectivity index (χ1v) is 17.6. The topological polar surface area (TPSA) is 3.24 Å². The summed E-state index contributed by atoms with van der Waals surface area (Å²) in [6.45, 7) is 13.5. The number of hydrogen-bond donors (Lipinski definition) is 0. The van der Waals surface area contributed by atoms with Crippen molar-refractivity contribution in [2.24, 2.45) is 0 Å². The molecule has 0 N–H and O–H groups in total. The predicted octanol–water partition coefficient (Wildman–Crippen LogP) is 12.7. The first-order chi connectivity index (χ1) is 23.3. The Hall–Kier alpha value is -4.62. The minimum absolute atomic E-state index is 0.0360. The van der Waals surface area contributed by atoms with Crippen LogP contribution < -0.4 is 4.90 Å². The molecule has 0 aromatic heterocycles. The van der Waals surface area contributed by atoms with Crippen LogP contribution in [0.25, 0.3) is 5.57 Å². The molecule has 0 fully saturated rings. The predicted molar refractivity (Wildman–Crippen MR) is 211 cm³/mol. The minimum Gasteiger partial charge on any atom is -0.351 e. The highest BCUT2D eigenvalue weighted by atomic mass is 15.1. The summed E-state index contributed by atoms with van der Waals surface area (Å²) in [5.41, 5.74) is 12.8. The van der Waals surface area contributed by atoms with Crippen molar-refractivity contribution in [3.63, 3.8) is 0 Å². The molecule has 3 aromatic carbocycles. The third-order valence-electron chi connectivity index (χ3n) is 10.3. The summed E-state index contributed by atoms with van der Waals surface area (Å²) in [7, 11) is 2.17. The van der Waals surface area contributed by atoms with Gasteiger partial charge in [-0.3, -0.25) is 0 Å². The highest BCUT2D eigenvalue weighted by molar-refractivity contribution is 5.91. The van der Waals surface area contributed by atoms with E-state index in [0.717, 1.165) is 19.3 Å². The van der Waals surface area contributed by atoms with Gasteiger partial charge in [0.15, 0.2) is 0 Å². The summed E-state index contributed by atoms with van der Waals surface area (Å²) in [6, 6.07) is 26.9. The minimum atomic E-state index is -0.407. The molecule has 3 aromatic rings. The molecule has 1 nitrogen and oxygen atoms in total. The highest BCUT2D eigenvalue weighted by Crippen LogP contribution is 2.55. The number of fused-ring (bicyclic) bond motifs is 1. The second kappa shape index (κ2) is 15.5. The normalized spacial score (nSPS) is 18.8. The lowest BCUT2D eigenvalue weighted by molar-refractivity contribution is 0.581. The van der Waals surface area contributed by atoms with E-state index >= 15 is 0 Å². The molecule has 0 saturated heterocycles. The van der Waals surface area contributed by atoms with Gasteiger partial charge in [0.25, 0.3) is 0 Å². The first-order valence-electron chi connectivity index (χ1n) is 17.6. The van der Waals surface area contributed by atoms with Crippen molar-refractivity contribution in [3.8, 4) is 0 Å². The largest absolute Gasteiger partial charge is 0.351 e. The van der Waals surface area contributed by atoms with Crippen LogP contribution in [0.5, 0.6) is 0 Å². The van der Waals surface area contributed by atoms with E-state index in [1.54, 1.807) is 0 Å². The van der Waals surface area contributed by atoms with Crippen molar-refractivity contribution in [2.45, 2.75) is 78.1 Å². The summed E-state index contributed by atoms with van der Waals surface area (Å²) in [5.74, 6) is 0. The highest BCUT2D eigenvalue weighted by Gasteiger charge is 2.46. The lowest BCUT2D eigenvalue weighted by Crippen LogP contribution is -2.29. The van der Waals surface area contributed by atoms with Crippen molar-refractivity contribution in [2.75, 3.05) is 11.9 Å². The molecular formula is C47H53N. The Morgan fingerprint density at radius 2 is 1.69 bits per heavy atom. The molecule has 2 aliphatic rings. The molecule has 246 valence electrons. The zero-order valence-electron chi connectivity index (χ0n) is 30.1. The number of hydrogen-bond acceptors (Lipinski definition) is 1. The van der Waals surface area contributed by atoms with E-state index in [1.807, 2.05) is 0 Å². The Kier molecular flexibility index (Phi) is 11.2. The molecule has 0 radical (unpaired) electrons. The maximum Gasteiger partial charge on any atom is 0.0673 e. The van der Waals surface area contributed by atoms with Crippen LogP contribution in [-0.4, -0.2) is 7.05 Å². The standard InChI is InChI=1S/C47H53N/c1-8-10-11-12-16-24-37(4)47(39-27-19-15-20-28-39)43(23-9-2)42(41-29-21-22-30-44(41)47)33-34-48(7)40-32-31-36(3)45(35-40)46(5,6)38-25-17-13-14-18-26-38/h8-10,12-13,15-17,19-25,27-35H,11,14,18,26H2,1-7H3/b10-8-,16-12-,23-9-,34-33+,37-24+. The summed E-state index contributed by atoms with van der Waals surface area (Å²) in [5, 5.41) is 0. The second-order valence-electron chi connectivity index (χ2n) is 13.6. The average Bonchev–Trinajstić information content (AvgIpc) is 3.22. The number of allylic oxidation sites excluding steroid dienone is 15. The molecular weight excluding hydrogens is 579 g/mol. The lowest BCUT2D eigenvalue weighted by atomic mass is 9.66. The smallest absolute Gasteiger partial charge is 0.0673 e. The van der Waals surface area contributed by atoms with E-state index in [0.29, 0.717) is 0 Å². The van der Waals surface area contributed by atoms with Crippen LogP contribution in [0.4, 0.5) is 5.69 Å². The molecule has 0 bridgehead atoms. The Labute approximate surface area is 290 Å². The molecule has 1 atom stereocenters. The zero-order valence-corrected chi connectivity index (χ0v) is 30.1. The van der Waals surface area contributed by atoms with Gasteiger partial charge in [-0.1, -0.05) is 146 Å². The molecule has 48 heavy (non-hydrogen) atoms. The van der Waals surface area contributed by atoms with Crippen LogP contribution in [0.1, 0.15) is 88.1 Å². The van der Waals surface area contributed by atoms with Gasteiger partial charge in [0.05, 0.1) is 5.41 Å². The van der Waals surface area contributed by atoms with E-state index in [4.69, 9.17) is 0 Å². The number of anilines is 1. The fourth-order valence-electron chi connectivity index (χ4n) is 7.62. The third-order valence-corrected chi connectivity index (χ3v) is 10.3. The molecule has 1 unspecified atom stereocenters. The SMILES string of the molecule is C/C=C\C/C=C\C=C(/C)C1(c2ccccc2)C(/C=C\C)=C(/C=C/N(C)c2ccc(C)c(C(C)(C)C3=CC=CCCC3)c2)c2ccccc21. The van der Waals surface area contributed by atoms with Crippen LogP contribution in [0.3, 0.4) is 0 Å². The van der Waals surface area contributed by atoms with Gasteiger partial charge in [-0.25, -0.2) is 0 Å². The maximum absolute atomic E-state index is 2.40. The van der Waals surface area contributed by atoms with Gasteiger partial charge in [-0.2, -0.15) is 0 Å². The molecule has 5 rings (SSSR count). The van der Waals surface area contributed by atoms with Crippen LogP contribution in [0, 0.1) is 6.92 Å².